The Kier molecular flexibility index (Phi) is 4.22. The lowest BCUT2D eigenvalue weighted by Crippen LogP contribution is -2.36. The van der Waals surface area contributed by atoms with E-state index in [1.807, 2.05) is 18.2 Å². The minimum Gasteiger partial charge on any atom is -0.508 e. The fourth-order valence-electron chi connectivity index (χ4n) is 4.19. The lowest BCUT2D eigenvalue weighted by molar-refractivity contribution is -0.132. The fraction of sp³-hybridized carbons (Fsp3) is 0.381. The molecule has 0 bridgehead atoms. The molecule has 2 aliphatic rings. The van der Waals surface area contributed by atoms with E-state index in [-0.39, 0.29) is 18.0 Å². The van der Waals surface area contributed by atoms with Crippen molar-refractivity contribution in [1.29, 1.82) is 0 Å². The van der Waals surface area contributed by atoms with Crippen LogP contribution in [0.25, 0.3) is 0 Å². The number of phenolic OH excluding ortho intramolecular Hbond substituents is 1. The summed E-state index contributed by atoms with van der Waals surface area (Å²) in [6.45, 7) is 1.64. The van der Waals surface area contributed by atoms with Crippen LogP contribution in [0.2, 0.25) is 0 Å². The first-order valence-corrected chi connectivity index (χ1v) is 8.81. The molecule has 0 fully saturated rings. The molecule has 0 amide bonds. The average Bonchev–Trinajstić information content (AvgIpc) is 3.00. The second kappa shape index (κ2) is 6.34. The van der Waals surface area contributed by atoms with Gasteiger partial charge in [0.15, 0.2) is 12.1 Å². The Hall–Kier alpha value is -2.41. The zero-order valence-corrected chi connectivity index (χ0v) is 15.5. The first kappa shape index (κ1) is 18.0. The van der Waals surface area contributed by atoms with Gasteiger partial charge in [0, 0.05) is 42.2 Å². The van der Waals surface area contributed by atoms with Crippen molar-refractivity contribution in [2.24, 2.45) is 0 Å². The van der Waals surface area contributed by atoms with Crippen molar-refractivity contribution in [3.8, 4) is 11.5 Å². The molecule has 2 N–H and O–H groups in total. The highest BCUT2D eigenvalue weighted by atomic mass is 16.7. The number of carbonyl (C=O) groups excluding carboxylic acids is 1. The monoisotopic (exact) mass is 370 g/mol. The SMILES string of the molecule is COc1cccc2c1[C@@H](c1c(O)ccc3c1C(=O)C[C@](C)(O)C3)O[C@H]2OC. The second-order valence-electron chi connectivity index (χ2n) is 7.35. The Morgan fingerprint density at radius 3 is 2.63 bits per heavy atom. The Morgan fingerprint density at radius 1 is 1.15 bits per heavy atom. The van der Waals surface area contributed by atoms with Crippen molar-refractivity contribution in [2.45, 2.75) is 37.8 Å². The molecule has 3 atom stereocenters. The van der Waals surface area contributed by atoms with E-state index in [9.17, 15) is 15.0 Å². The number of carbonyl (C=O) groups is 1. The number of fused-ring (bicyclic) bond motifs is 2. The van der Waals surface area contributed by atoms with Gasteiger partial charge < -0.3 is 24.4 Å². The van der Waals surface area contributed by atoms with Gasteiger partial charge >= 0.3 is 0 Å². The summed E-state index contributed by atoms with van der Waals surface area (Å²) in [4.78, 5) is 12.9. The first-order valence-electron chi connectivity index (χ1n) is 8.81. The number of benzene rings is 2. The van der Waals surface area contributed by atoms with Gasteiger partial charge in [-0.05, 0) is 24.6 Å². The Balaban J connectivity index is 1.93. The van der Waals surface area contributed by atoms with Crippen LogP contribution in [-0.2, 0) is 15.9 Å². The normalized spacial score (nSPS) is 26.6. The molecule has 0 spiro atoms. The zero-order chi connectivity index (χ0) is 19.3. The van der Waals surface area contributed by atoms with Gasteiger partial charge in [0.05, 0.1) is 12.7 Å². The summed E-state index contributed by atoms with van der Waals surface area (Å²) >= 11 is 0. The second-order valence-corrected chi connectivity index (χ2v) is 7.35. The number of rotatable bonds is 3. The predicted octanol–water partition coefficient (Wildman–Crippen LogP) is 3.05. The van der Waals surface area contributed by atoms with Gasteiger partial charge in [-0.15, -0.1) is 0 Å². The van der Waals surface area contributed by atoms with Crippen LogP contribution >= 0.6 is 0 Å². The molecular formula is C21H22O6. The van der Waals surface area contributed by atoms with E-state index >= 15 is 0 Å². The molecule has 4 rings (SSSR count). The maximum atomic E-state index is 12.9. The molecular weight excluding hydrogens is 348 g/mol. The van der Waals surface area contributed by atoms with Gasteiger partial charge in [0.2, 0.25) is 0 Å². The zero-order valence-electron chi connectivity index (χ0n) is 15.5. The third kappa shape index (κ3) is 2.81. The van der Waals surface area contributed by atoms with Crippen LogP contribution in [-0.4, -0.2) is 35.8 Å². The van der Waals surface area contributed by atoms with E-state index in [1.165, 1.54) is 0 Å². The first-order chi connectivity index (χ1) is 12.9. The highest BCUT2D eigenvalue weighted by Gasteiger charge is 2.42. The van der Waals surface area contributed by atoms with Gasteiger partial charge in [-0.3, -0.25) is 4.79 Å². The van der Waals surface area contributed by atoms with E-state index in [0.29, 0.717) is 28.9 Å². The molecule has 0 unspecified atom stereocenters. The van der Waals surface area contributed by atoms with Gasteiger partial charge in [-0.2, -0.15) is 0 Å². The molecule has 0 saturated heterocycles. The van der Waals surface area contributed by atoms with Crippen LogP contribution in [0.1, 0.15) is 58.4 Å². The van der Waals surface area contributed by atoms with Crippen molar-refractivity contribution in [2.75, 3.05) is 14.2 Å². The molecule has 0 saturated carbocycles. The van der Waals surface area contributed by atoms with Crippen molar-refractivity contribution < 1.29 is 29.2 Å². The molecule has 2 aromatic carbocycles. The molecule has 27 heavy (non-hydrogen) atoms. The molecule has 0 aromatic heterocycles. The number of methoxy groups -OCH3 is 2. The topological polar surface area (TPSA) is 85.2 Å². The van der Waals surface area contributed by atoms with Crippen LogP contribution in [0.3, 0.4) is 0 Å². The quantitative estimate of drug-likeness (QED) is 0.864. The molecule has 1 aliphatic heterocycles. The van der Waals surface area contributed by atoms with Crippen molar-refractivity contribution in [3.05, 3.63) is 58.1 Å². The molecule has 142 valence electrons. The number of aromatic hydroxyl groups is 1. The summed E-state index contributed by atoms with van der Waals surface area (Å²) in [5, 5.41) is 21.0. The molecule has 6 nitrogen and oxygen atoms in total. The van der Waals surface area contributed by atoms with Gasteiger partial charge in [-0.1, -0.05) is 18.2 Å². The number of aliphatic hydroxyl groups is 1. The van der Waals surface area contributed by atoms with Crippen LogP contribution in [0.4, 0.5) is 0 Å². The largest absolute Gasteiger partial charge is 0.508 e. The predicted molar refractivity (Wildman–Crippen MR) is 97.1 cm³/mol. The van der Waals surface area contributed by atoms with Crippen molar-refractivity contribution >= 4 is 5.78 Å². The number of hydrogen-bond donors (Lipinski definition) is 2. The van der Waals surface area contributed by atoms with E-state index in [4.69, 9.17) is 14.2 Å². The standard InChI is InChI=1S/C21H22O6/c1-21(24)9-11-7-8-13(22)18(16(11)14(23)10-21)19-17-12(20(26-3)27-19)5-4-6-15(17)25-2/h4-8,19-20,22,24H,9-10H2,1-3H3/t19-,20+,21+/m0/s1. The maximum Gasteiger partial charge on any atom is 0.185 e. The van der Waals surface area contributed by atoms with E-state index in [0.717, 1.165) is 11.1 Å². The number of ether oxygens (including phenoxy) is 3. The Bertz CT molecular complexity index is 917. The maximum absolute atomic E-state index is 12.9. The third-order valence-electron chi connectivity index (χ3n) is 5.27. The number of hydrogen-bond acceptors (Lipinski definition) is 6. The fourth-order valence-corrected chi connectivity index (χ4v) is 4.19. The highest BCUT2D eigenvalue weighted by Crippen LogP contribution is 2.51. The number of phenols is 1. The number of Topliss-reactive ketones (excluding diaryl/α,β-unsaturated/α-hetero) is 1. The van der Waals surface area contributed by atoms with Gasteiger partial charge in [0.25, 0.3) is 0 Å². The Labute approximate surface area is 157 Å². The summed E-state index contributed by atoms with van der Waals surface area (Å²) in [6.07, 6.45) is -1.00. The summed E-state index contributed by atoms with van der Waals surface area (Å²) in [5.74, 6) is 0.361. The summed E-state index contributed by atoms with van der Waals surface area (Å²) < 4.78 is 17.0. The van der Waals surface area contributed by atoms with Crippen LogP contribution in [0.5, 0.6) is 11.5 Å². The Morgan fingerprint density at radius 2 is 1.93 bits per heavy atom. The lowest BCUT2D eigenvalue weighted by Gasteiger charge is -2.31. The summed E-state index contributed by atoms with van der Waals surface area (Å²) in [6, 6.07) is 8.77. The van der Waals surface area contributed by atoms with Gasteiger partial charge in [-0.25, -0.2) is 0 Å². The van der Waals surface area contributed by atoms with Crippen LogP contribution < -0.4 is 4.74 Å². The number of ketones is 1. The van der Waals surface area contributed by atoms with Crippen LogP contribution in [0, 0.1) is 0 Å². The molecule has 2 aromatic rings. The van der Waals surface area contributed by atoms with Gasteiger partial charge in [0.1, 0.15) is 17.6 Å². The minimum atomic E-state index is -1.10. The summed E-state index contributed by atoms with van der Waals surface area (Å²) in [5.41, 5.74) is 1.96. The third-order valence-corrected chi connectivity index (χ3v) is 5.27. The minimum absolute atomic E-state index is 0.00430. The average molecular weight is 370 g/mol. The van der Waals surface area contributed by atoms with E-state index < -0.39 is 18.0 Å². The molecule has 1 heterocycles. The molecule has 1 aliphatic carbocycles. The van der Waals surface area contributed by atoms with E-state index in [2.05, 4.69) is 0 Å². The smallest absolute Gasteiger partial charge is 0.185 e. The van der Waals surface area contributed by atoms with E-state index in [1.54, 1.807) is 33.3 Å². The lowest BCUT2D eigenvalue weighted by atomic mass is 9.77. The van der Waals surface area contributed by atoms with Crippen molar-refractivity contribution in [3.63, 3.8) is 0 Å². The van der Waals surface area contributed by atoms with Crippen LogP contribution in [0.15, 0.2) is 30.3 Å². The molecule has 0 radical (unpaired) electrons. The molecule has 6 heteroatoms. The highest BCUT2D eigenvalue weighted by molar-refractivity contribution is 6.01. The van der Waals surface area contributed by atoms with Crippen molar-refractivity contribution in [1.82, 2.24) is 0 Å². The summed E-state index contributed by atoms with van der Waals surface area (Å²) in [7, 11) is 3.11.